The summed E-state index contributed by atoms with van der Waals surface area (Å²) in [6.07, 6.45) is 0.690. The number of carbonyl (C=O) groups is 1. The van der Waals surface area contributed by atoms with E-state index in [0.717, 1.165) is 0 Å². The van der Waals surface area contributed by atoms with Gasteiger partial charge < -0.3 is 5.32 Å². The number of sulfonamides is 1. The lowest BCUT2D eigenvalue weighted by Gasteiger charge is -2.25. The van der Waals surface area contributed by atoms with Crippen molar-refractivity contribution >= 4 is 27.5 Å². The van der Waals surface area contributed by atoms with E-state index in [1.165, 1.54) is 16.4 Å². The lowest BCUT2D eigenvalue weighted by molar-refractivity contribution is -0.123. The third-order valence-corrected chi connectivity index (χ3v) is 6.05. The molecule has 0 aromatic heterocycles. The van der Waals surface area contributed by atoms with Gasteiger partial charge in [-0.25, -0.2) is 8.42 Å². The molecule has 1 aliphatic heterocycles. The maximum atomic E-state index is 12.8. The van der Waals surface area contributed by atoms with Crippen molar-refractivity contribution in [3.05, 3.63) is 29.3 Å². The molecule has 1 amide bonds. The SMILES string of the molecule is CC(C)(C)NC(=O)CN1CCCN(S(=O)(=O)c2ccc(Cl)cc2)CC1. The minimum absolute atomic E-state index is 0.0403. The first-order valence-electron chi connectivity index (χ1n) is 8.37. The van der Waals surface area contributed by atoms with Crippen LogP contribution in [-0.4, -0.2) is 61.8 Å². The topological polar surface area (TPSA) is 69.7 Å². The molecular weight excluding hydrogens is 362 g/mol. The highest BCUT2D eigenvalue weighted by atomic mass is 35.5. The standard InChI is InChI=1S/C17H26ClN3O3S/c1-17(2,3)19-16(22)13-20-9-4-10-21(12-11-20)25(23,24)15-7-5-14(18)6-8-15/h5-8H,4,9-13H2,1-3H3,(H,19,22). The Balaban J connectivity index is 1.99. The summed E-state index contributed by atoms with van der Waals surface area (Å²) >= 11 is 5.83. The Kier molecular flexibility index (Phi) is 6.48. The van der Waals surface area contributed by atoms with Crippen molar-refractivity contribution in [2.24, 2.45) is 0 Å². The molecule has 1 fully saturated rings. The van der Waals surface area contributed by atoms with Crippen LogP contribution in [0.2, 0.25) is 5.02 Å². The average Bonchev–Trinajstić information content (AvgIpc) is 2.71. The van der Waals surface area contributed by atoms with Gasteiger partial charge in [0.1, 0.15) is 0 Å². The number of amides is 1. The molecule has 1 aliphatic rings. The van der Waals surface area contributed by atoms with Gasteiger partial charge in [-0.3, -0.25) is 9.69 Å². The van der Waals surface area contributed by atoms with Crippen LogP contribution < -0.4 is 5.32 Å². The van der Waals surface area contributed by atoms with E-state index < -0.39 is 10.0 Å². The summed E-state index contributed by atoms with van der Waals surface area (Å²) in [5.74, 6) is -0.0403. The van der Waals surface area contributed by atoms with Crippen LogP contribution in [0.3, 0.4) is 0 Å². The minimum atomic E-state index is -3.54. The molecule has 0 saturated carbocycles. The minimum Gasteiger partial charge on any atom is -0.350 e. The molecule has 25 heavy (non-hydrogen) atoms. The Labute approximate surface area is 155 Å². The zero-order chi connectivity index (χ0) is 18.7. The number of benzene rings is 1. The summed E-state index contributed by atoms with van der Waals surface area (Å²) in [4.78, 5) is 14.3. The van der Waals surface area contributed by atoms with Crippen molar-refractivity contribution in [3.63, 3.8) is 0 Å². The van der Waals surface area contributed by atoms with Crippen LogP contribution in [0.15, 0.2) is 29.2 Å². The number of nitrogens with one attached hydrogen (secondary N) is 1. The summed E-state index contributed by atoms with van der Waals surface area (Å²) in [5, 5.41) is 3.44. The third kappa shape index (κ3) is 5.95. The fourth-order valence-electron chi connectivity index (χ4n) is 2.76. The number of halogens is 1. The van der Waals surface area contributed by atoms with Crippen molar-refractivity contribution in [1.82, 2.24) is 14.5 Å². The van der Waals surface area contributed by atoms with Gasteiger partial charge in [0.05, 0.1) is 11.4 Å². The van der Waals surface area contributed by atoms with Gasteiger partial charge >= 0.3 is 0 Å². The zero-order valence-electron chi connectivity index (χ0n) is 15.0. The molecule has 1 N–H and O–H groups in total. The molecule has 1 heterocycles. The molecular formula is C17H26ClN3O3S. The fraction of sp³-hybridized carbons (Fsp3) is 0.588. The Morgan fingerprint density at radius 3 is 2.36 bits per heavy atom. The van der Waals surface area contributed by atoms with Crippen LogP contribution in [0.25, 0.3) is 0 Å². The number of nitrogens with zero attached hydrogens (tertiary/aromatic N) is 2. The normalized spacial score (nSPS) is 17.9. The molecule has 0 radical (unpaired) electrons. The lowest BCUT2D eigenvalue weighted by atomic mass is 10.1. The molecule has 1 aromatic carbocycles. The Morgan fingerprint density at radius 1 is 1.12 bits per heavy atom. The Bertz CT molecular complexity index is 699. The molecule has 1 aromatic rings. The van der Waals surface area contributed by atoms with E-state index in [1.54, 1.807) is 12.1 Å². The fourth-order valence-corrected chi connectivity index (χ4v) is 4.36. The molecule has 0 spiro atoms. The first kappa shape index (κ1) is 20.2. The maximum Gasteiger partial charge on any atom is 0.243 e. The molecule has 0 aliphatic carbocycles. The summed E-state index contributed by atoms with van der Waals surface area (Å²) in [7, 11) is -3.54. The molecule has 6 nitrogen and oxygen atoms in total. The molecule has 0 unspecified atom stereocenters. The molecule has 2 rings (SSSR count). The van der Waals surface area contributed by atoms with Gasteiger partial charge in [0, 0.05) is 30.2 Å². The van der Waals surface area contributed by atoms with E-state index in [1.807, 2.05) is 25.7 Å². The molecule has 140 valence electrons. The first-order chi connectivity index (χ1) is 11.6. The van der Waals surface area contributed by atoms with E-state index in [9.17, 15) is 13.2 Å². The third-order valence-electron chi connectivity index (χ3n) is 3.88. The second-order valence-corrected chi connectivity index (χ2v) is 9.66. The molecule has 8 heteroatoms. The largest absolute Gasteiger partial charge is 0.350 e. The summed E-state index contributed by atoms with van der Waals surface area (Å²) < 4.78 is 27.0. The molecule has 1 saturated heterocycles. The summed E-state index contributed by atoms with van der Waals surface area (Å²) in [6, 6.07) is 6.21. The van der Waals surface area contributed by atoms with Crippen LogP contribution in [0.1, 0.15) is 27.2 Å². The van der Waals surface area contributed by atoms with E-state index >= 15 is 0 Å². The monoisotopic (exact) mass is 387 g/mol. The predicted octanol–water partition coefficient (Wildman–Crippen LogP) is 1.95. The van der Waals surface area contributed by atoms with E-state index in [0.29, 0.717) is 37.6 Å². The Morgan fingerprint density at radius 2 is 1.76 bits per heavy atom. The van der Waals surface area contributed by atoms with Crippen molar-refractivity contribution in [3.8, 4) is 0 Å². The molecule has 0 atom stereocenters. The maximum absolute atomic E-state index is 12.8. The first-order valence-corrected chi connectivity index (χ1v) is 10.2. The van der Waals surface area contributed by atoms with Crippen LogP contribution >= 0.6 is 11.6 Å². The van der Waals surface area contributed by atoms with E-state index in [4.69, 9.17) is 11.6 Å². The number of hydrogen-bond donors (Lipinski definition) is 1. The van der Waals surface area contributed by atoms with Crippen LogP contribution in [0.5, 0.6) is 0 Å². The second-order valence-electron chi connectivity index (χ2n) is 7.29. The van der Waals surface area contributed by atoms with E-state index in [-0.39, 0.29) is 22.9 Å². The highest BCUT2D eigenvalue weighted by Crippen LogP contribution is 2.20. The van der Waals surface area contributed by atoms with Gasteiger partial charge in [-0.15, -0.1) is 0 Å². The smallest absolute Gasteiger partial charge is 0.243 e. The number of carbonyl (C=O) groups excluding carboxylic acids is 1. The highest BCUT2D eigenvalue weighted by molar-refractivity contribution is 7.89. The van der Waals surface area contributed by atoms with Gasteiger partial charge in [-0.2, -0.15) is 4.31 Å². The van der Waals surface area contributed by atoms with Gasteiger partial charge in [0.15, 0.2) is 0 Å². The number of rotatable bonds is 4. The van der Waals surface area contributed by atoms with Crippen molar-refractivity contribution in [1.29, 1.82) is 0 Å². The summed E-state index contributed by atoms with van der Waals surface area (Å²) in [6.45, 7) is 8.14. The van der Waals surface area contributed by atoms with Gasteiger partial charge in [-0.05, 0) is 58.0 Å². The predicted molar refractivity (Wildman–Crippen MR) is 99.2 cm³/mol. The average molecular weight is 388 g/mol. The van der Waals surface area contributed by atoms with Gasteiger partial charge in [0.25, 0.3) is 0 Å². The van der Waals surface area contributed by atoms with Crippen molar-refractivity contribution < 1.29 is 13.2 Å². The van der Waals surface area contributed by atoms with Gasteiger partial charge in [0.2, 0.25) is 15.9 Å². The van der Waals surface area contributed by atoms with Crippen molar-refractivity contribution in [2.45, 2.75) is 37.6 Å². The Hall–Kier alpha value is -1.15. The van der Waals surface area contributed by atoms with Gasteiger partial charge in [-0.1, -0.05) is 11.6 Å². The quantitative estimate of drug-likeness (QED) is 0.857. The summed E-state index contributed by atoms with van der Waals surface area (Å²) in [5.41, 5.74) is -0.271. The zero-order valence-corrected chi connectivity index (χ0v) is 16.5. The highest BCUT2D eigenvalue weighted by Gasteiger charge is 2.27. The lowest BCUT2D eigenvalue weighted by Crippen LogP contribution is -2.46. The van der Waals surface area contributed by atoms with Crippen LogP contribution in [0, 0.1) is 0 Å². The van der Waals surface area contributed by atoms with Crippen LogP contribution in [0.4, 0.5) is 0 Å². The van der Waals surface area contributed by atoms with Crippen molar-refractivity contribution in [2.75, 3.05) is 32.7 Å². The second kappa shape index (κ2) is 8.03. The van der Waals surface area contributed by atoms with Crippen LogP contribution in [-0.2, 0) is 14.8 Å². The number of hydrogen-bond acceptors (Lipinski definition) is 4. The van der Waals surface area contributed by atoms with E-state index in [2.05, 4.69) is 5.32 Å². The molecule has 0 bridgehead atoms.